The highest BCUT2D eigenvalue weighted by molar-refractivity contribution is 5.15. The van der Waals surface area contributed by atoms with Crippen LogP contribution in [0.25, 0.3) is 0 Å². The lowest BCUT2D eigenvalue weighted by Crippen LogP contribution is -2.23. The maximum atomic E-state index is 12.3. The Balaban J connectivity index is 1.92. The van der Waals surface area contributed by atoms with Gasteiger partial charge in [-0.2, -0.15) is 23.4 Å². The summed E-state index contributed by atoms with van der Waals surface area (Å²) in [7, 11) is 1.83. The number of halogens is 3. The van der Waals surface area contributed by atoms with E-state index in [1.54, 1.807) is 10.7 Å². The van der Waals surface area contributed by atoms with Crippen LogP contribution in [0, 0.1) is 6.92 Å². The van der Waals surface area contributed by atoms with Crippen molar-refractivity contribution in [3.63, 3.8) is 0 Å². The summed E-state index contributed by atoms with van der Waals surface area (Å²) >= 11 is 0. The lowest BCUT2D eigenvalue weighted by molar-refractivity contribution is -0.143. The molecule has 2 aromatic heterocycles. The first kappa shape index (κ1) is 14.6. The fourth-order valence-electron chi connectivity index (χ4n) is 1.97. The van der Waals surface area contributed by atoms with E-state index in [9.17, 15) is 13.2 Å². The first-order valence-corrected chi connectivity index (χ1v) is 6.12. The third-order valence-corrected chi connectivity index (χ3v) is 2.87. The molecule has 0 bridgehead atoms. The number of aromatic nitrogens is 4. The largest absolute Gasteiger partial charge is 0.408 e. The van der Waals surface area contributed by atoms with Gasteiger partial charge < -0.3 is 5.32 Å². The van der Waals surface area contributed by atoms with Crippen molar-refractivity contribution in [1.29, 1.82) is 0 Å². The van der Waals surface area contributed by atoms with Crippen molar-refractivity contribution < 1.29 is 13.2 Å². The minimum Gasteiger partial charge on any atom is -0.307 e. The van der Waals surface area contributed by atoms with E-state index in [1.165, 1.54) is 6.20 Å². The van der Waals surface area contributed by atoms with Crippen LogP contribution in [0.15, 0.2) is 18.5 Å². The Hall–Kier alpha value is -1.83. The van der Waals surface area contributed by atoms with Crippen molar-refractivity contribution in [2.24, 2.45) is 7.05 Å². The Kier molecular flexibility index (Phi) is 4.12. The van der Waals surface area contributed by atoms with E-state index in [0.29, 0.717) is 18.8 Å². The van der Waals surface area contributed by atoms with Gasteiger partial charge in [0.15, 0.2) is 0 Å². The van der Waals surface area contributed by atoms with Gasteiger partial charge in [-0.1, -0.05) is 0 Å². The molecule has 0 saturated heterocycles. The van der Waals surface area contributed by atoms with Crippen molar-refractivity contribution in [1.82, 2.24) is 24.9 Å². The van der Waals surface area contributed by atoms with Gasteiger partial charge in [-0.15, -0.1) is 0 Å². The van der Waals surface area contributed by atoms with Crippen molar-refractivity contribution in [3.8, 4) is 0 Å². The molecule has 0 aliphatic rings. The lowest BCUT2D eigenvalue weighted by atomic mass is 10.2. The molecule has 8 heteroatoms. The van der Waals surface area contributed by atoms with Crippen LogP contribution in [0.3, 0.4) is 0 Å². The van der Waals surface area contributed by atoms with E-state index in [1.807, 2.05) is 20.2 Å². The van der Waals surface area contributed by atoms with Gasteiger partial charge in [-0.25, -0.2) is 0 Å². The standard InChI is InChI=1S/C12H16F3N5/c1-9-10(7-19(2)18-9)5-16-6-11-3-4-17-20(11)8-12(13,14)15/h3-4,7,16H,5-6,8H2,1-2H3. The van der Waals surface area contributed by atoms with Crippen molar-refractivity contribution in [2.75, 3.05) is 0 Å². The number of hydrogen-bond donors (Lipinski definition) is 1. The third-order valence-electron chi connectivity index (χ3n) is 2.87. The molecule has 0 atom stereocenters. The summed E-state index contributed by atoms with van der Waals surface area (Å²) in [6, 6.07) is 1.58. The van der Waals surface area contributed by atoms with Gasteiger partial charge in [0.2, 0.25) is 0 Å². The minimum atomic E-state index is -4.26. The molecule has 0 saturated carbocycles. The Morgan fingerprint density at radius 1 is 1.30 bits per heavy atom. The zero-order valence-electron chi connectivity index (χ0n) is 11.3. The van der Waals surface area contributed by atoms with Crippen molar-refractivity contribution in [3.05, 3.63) is 35.4 Å². The molecule has 110 valence electrons. The summed E-state index contributed by atoms with van der Waals surface area (Å²) < 4.78 is 39.7. The molecule has 0 fully saturated rings. The highest BCUT2D eigenvalue weighted by Gasteiger charge is 2.29. The molecule has 1 N–H and O–H groups in total. The summed E-state index contributed by atoms with van der Waals surface area (Å²) in [5.74, 6) is 0. The summed E-state index contributed by atoms with van der Waals surface area (Å²) in [6.07, 6.45) is -1.01. The zero-order valence-corrected chi connectivity index (χ0v) is 11.3. The average Bonchev–Trinajstić information content (AvgIpc) is 2.85. The molecule has 2 aromatic rings. The van der Waals surface area contributed by atoms with Gasteiger partial charge in [0.25, 0.3) is 0 Å². The van der Waals surface area contributed by atoms with E-state index in [-0.39, 0.29) is 0 Å². The van der Waals surface area contributed by atoms with E-state index in [2.05, 4.69) is 15.5 Å². The van der Waals surface area contributed by atoms with Gasteiger partial charge >= 0.3 is 6.18 Å². The Morgan fingerprint density at radius 2 is 2.05 bits per heavy atom. The summed E-state index contributed by atoms with van der Waals surface area (Å²) in [4.78, 5) is 0. The van der Waals surface area contributed by atoms with Crippen LogP contribution in [-0.2, 0) is 26.7 Å². The maximum absolute atomic E-state index is 12.3. The summed E-state index contributed by atoms with van der Waals surface area (Å²) in [5, 5.41) is 11.0. The Bertz CT molecular complexity index is 570. The highest BCUT2D eigenvalue weighted by Crippen LogP contribution is 2.18. The number of hydrogen-bond acceptors (Lipinski definition) is 3. The molecule has 2 heterocycles. The van der Waals surface area contributed by atoms with Crippen molar-refractivity contribution >= 4 is 0 Å². The zero-order chi connectivity index (χ0) is 14.8. The van der Waals surface area contributed by atoms with Crippen LogP contribution in [-0.4, -0.2) is 25.7 Å². The predicted molar refractivity (Wildman–Crippen MR) is 66.8 cm³/mol. The van der Waals surface area contributed by atoms with Gasteiger partial charge in [-0.05, 0) is 13.0 Å². The predicted octanol–water partition coefficient (Wildman–Crippen LogP) is 1.78. The summed E-state index contributed by atoms with van der Waals surface area (Å²) in [5.41, 5.74) is 2.43. The number of nitrogens with zero attached hydrogens (tertiary/aromatic N) is 4. The molecule has 0 radical (unpaired) electrons. The number of aryl methyl sites for hydroxylation is 2. The molecule has 0 amide bonds. The van der Waals surface area contributed by atoms with Crippen LogP contribution >= 0.6 is 0 Å². The first-order valence-electron chi connectivity index (χ1n) is 6.12. The Morgan fingerprint density at radius 3 is 2.65 bits per heavy atom. The van der Waals surface area contributed by atoms with E-state index >= 15 is 0 Å². The molecule has 5 nitrogen and oxygen atoms in total. The lowest BCUT2D eigenvalue weighted by Gasteiger charge is -2.10. The van der Waals surface area contributed by atoms with Gasteiger partial charge in [0.1, 0.15) is 6.54 Å². The minimum absolute atomic E-state index is 0.324. The van der Waals surface area contributed by atoms with Crippen LogP contribution in [0.5, 0.6) is 0 Å². The molecule has 0 aliphatic carbocycles. The normalized spacial score (nSPS) is 12.1. The fraction of sp³-hybridized carbons (Fsp3) is 0.500. The Labute approximate surface area is 114 Å². The molecule has 2 rings (SSSR count). The third kappa shape index (κ3) is 3.83. The number of nitrogens with one attached hydrogen (secondary N) is 1. The summed E-state index contributed by atoms with van der Waals surface area (Å²) in [6.45, 7) is 1.70. The molecule has 0 aliphatic heterocycles. The van der Waals surface area contributed by atoms with Crippen LogP contribution in [0.4, 0.5) is 13.2 Å². The monoisotopic (exact) mass is 287 g/mol. The quantitative estimate of drug-likeness (QED) is 0.912. The van der Waals surface area contributed by atoms with Crippen molar-refractivity contribution in [2.45, 2.75) is 32.7 Å². The fourth-order valence-corrected chi connectivity index (χ4v) is 1.97. The van der Waals surface area contributed by atoms with E-state index in [0.717, 1.165) is 15.9 Å². The first-order chi connectivity index (χ1) is 9.35. The average molecular weight is 287 g/mol. The second kappa shape index (κ2) is 5.66. The van der Waals surface area contributed by atoms with E-state index in [4.69, 9.17) is 0 Å². The molecule has 0 aromatic carbocycles. The van der Waals surface area contributed by atoms with Gasteiger partial charge in [-0.3, -0.25) is 9.36 Å². The number of alkyl halides is 3. The molecular weight excluding hydrogens is 271 g/mol. The van der Waals surface area contributed by atoms with Crippen LogP contribution < -0.4 is 5.32 Å². The van der Waals surface area contributed by atoms with Gasteiger partial charge in [0.05, 0.1) is 11.4 Å². The second-order valence-corrected chi connectivity index (χ2v) is 4.61. The topological polar surface area (TPSA) is 47.7 Å². The maximum Gasteiger partial charge on any atom is 0.408 e. The molecule has 0 spiro atoms. The van der Waals surface area contributed by atoms with E-state index < -0.39 is 12.7 Å². The SMILES string of the molecule is Cc1nn(C)cc1CNCc1ccnn1CC(F)(F)F. The molecular formula is C12H16F3N5. The van der Waals surface area contributed by atoms with Crippen LogP contribution in [0.2, 0.25) is 0 Å². The van der Waals surface area contributed by atoms with Crippen LogP contribution in [0.1, 0.15) is 17.0 Å². The second-order valence-electron chi connectivity index (χ2n) is 4.61. The molecule has 0 unspecified atom stereocenters. The number of rotatable bonds is 5. The van der Waals surface area contributed by atoms with Gasteiger partial charge in [0, 0.05) is 38.1 Å². The highest BCUT2D eigenvalue weighted by atomic mass is 19.4. The smallest absolute Gasteiger partial charge is 0.307 e. The molecule has 20 heavy (non-hydrogen) atoms.